The minimum atomic E-state index is -0.769. The average molecular weight is 180 g/mol. The van der Waals surface area contributed by atoms with Crippen LogP contribution in [0.15, 0.2) is 12.1 Å². The largest absolute Gasteiger partial charge is 0.290 e. The molecule has 4 nitrogen and oxygen atoms in total. The molecular formula is C8H5FN2O2. The van der Waals surface area contributed by atoms with Crippen LogP contribution in [-0.2, 0) is 0 Å². The summed E-state index contributed by atoms with van der Waals surface area (Å²) in [6.45, 7) is 1.45. The van der Waals surface area contributed by atoms with Crippen LogP contribution in [0.4, 0.5) is 10.1 Å². The van der Waals surface area contributed by atoms with Gasteiger partial charge < -0.3 is 0 Å². The fraction of sp³-hybridized carbons (Fsp3) is 0.125. The van der Waals surface area contributed by atoms with Crippen molar-refractivity contribution >= 4 is 5.69 Å². The van der Waals surface area contributed by atoms with Crippen molar-refractivity contribution in [3.8, 4) is 6.07 Å². The van der Waals surface area contributed by atoms with Gasteiger partial charge in [-0.25, -0.2) is 4.39 Å². The fourth-order valence-electron chi connectivity index (χ4n) is 1.01. The van der Waals surface area contributed by atoms with Crippen LogP contribution in [0, 0.1) is 34.2 Å². The lowest BCUT2D eigenvalue weighted by atomic mass is 10.1. The quantitative estimate of drug-likeness (QED) is 0.489. The Morgan fingerprint density at radius 2 is 2.23 bits per heavy atom. The molecule has 0 radical (unpaired) electrons. The number of rotatable bonds is 1. The van der Waals surface area contributed by atoms with Crippen LogP contribution in [-0.4, -0.2) is 4.92 Å². The van der Waals surface area contributed by atoms with E-state index in [9.17, 15) is 14.5 Å². The number of halogens is 1. The maximum absolute atomic E-state index is 12.7. The van der Waals surface area contributed by atoms with E-state index in [0.29, 0.717) is 0 Å². The topological polar surface area (TPSA) is 66.9 Å². The molecule has 0 aliphatic rings. The Hall–Kier alpha value is -1.96. The summed E-state index contributed by atoms with van der Waals surface area (Å²) in [6.07, 6.45) is 0. The molecular weight excluding hydrogens is 175 g/mol. The molecule has 0 atom stereocenters. The van der Waals surface area contributed by atoms with Crippen molar-refractivity contribution in [3.05, 3.63) is 39.2 Å². The van der Waals surface area contributed by atoms with E-state index in [-0.39, 0.29) is 11.1 Å². The highest BCUT2D eigenvalue weighted by Crippen LogP contribution is 2.22. The van der Waals surface area contributed by atoms with Crippen molar-refractivity contribution in [2.24, 2.45) is 0 Å². The van der Waals surface area contributed by atoms with Gasteiger partial charge in [-0.05, 0) is 18.6 Å². The molecule has 0 amide bonds. The second kappa shape index (κ2) is 3.19. The second-order valence-corrected chi connectivity index (χ2v) is 2.49. The molecule has 0 N–H and O–H groups in total. The third-order valence-electron chi connectivity index (χ3n) is 1.59. The van der Waals surface area contributed by atoms with E-state index in [0.717, 1.165) is 12.1 Å². The van der Waals surface area contributed by atoms with Crippen molar-refractivity contribution in [2.75, 3.05) is 0 Å². The van der Waals surface area contributed by atoms with Crippen LogP contribution < -0.4 is 0 Å². The molecule has 0 bridgehead atoms. The molecule has 0 aliphatic heterocycles. The Labute approximate surface area is 73.4 Å². The van der Waals surface area contributed by atoms with Crippen molar-refractivity contribution in [3.63, 3.8) is 0 Å². The molecule has 0 fully saturated rings. The first-order valence-corrected chi connectivity index (χ1v) is 3.41. The SMILES string of the molecule is Cc1cc(F)cc([N+](=O)[O-])c1C#N. The van der Waals surface area contributed by atoms with Gasteiger partial charge in [0.05, 0.1) is 11.0 Å². The van der Waals surface area contributed by atoms with Crippen LogP contribution in [0.5, 0.6) is 0 Å². The van der Waals surface area contributed by atoms with E-state index in [1.165, 1.54) is 6.92 Å². The van der Waals surface area contributed by atoms with Crippen molar-refractivity contribution in [1.29, 1.82) is 5.26 Å². The van der Waals surface area contributed by atoms with E-state index < -0.39 is 16.4 Å². The summed E-state index contributed by atoms with van der Waals surface area (Å²) in [5.41, 5.74) is -0.305. The number of hydrogen-bond acceptors (Lipinski definition) is 3. The number of aryl methyl sites for hydroxylation is 1. The van der Waals surface area contributed by atoms with Crippen LogP contribution in [0.3, 0.4) is 0 Å². The zero-order chi connectivity index (χ0) is 10.0. The Balaban J connectivity index is 3.50. The first kappa shape index (κ1) is 9.13. The molecule has 13 heavy (non-hydrogen) atoms. The third-order valence-corrected chi connectivity index (χ3v) is 1.59. The van der Waals surface area contributed by atoms with Gasteiger partial charge in [-0.3, -0.25) is 10.1 Å². The molecule has 1 rings (SSSR count). The highest BCUT2D eigenvalue weighted by molar-refractivity contribution is 5.53. The Morgan fingerprint density at radius 1 is 1.62 bits per heavy atom. The molecule has 0 aromatic heterocycles. The minimum Gasteiger partial charge on any atom is -0.258 e. The number of nitro benzene ring substituents is 1. The van der Waals surface area contributed by atoms with Gasteiger partial charge in [-0.15, -0.1) is 0 Å². The predicted molar refractivity (Wildman–Crippen MR) is 42.5 cm³/mol. The summed E-state index contributed by atoms with van der Waals surface area (Å²) in [7, 11) is 0. The number of hydrogen-bond donors (Lipinski definition) is 0. The summed E-state index contributed by atoms with van der Waals surface area (Å²) >= 11 is 0. The predicted octanol–water partition coefficient (Wildman–Crippen LogP) is 1.91. The number of nitriles is 1. The van der Waals surface area contributed by atoms with Crippen molar-refractivity contribution in [1.82, 2.24) is 0 Å². The Bertz CT molecular complexity index is 409. The van der Waals surface area contributed by atoms with Gasteiger partial charge in [-0.1, -0.05) is 0 Å². The number of benzene rings is 1. The molecule has 0 aliphatic carbocycles. The van der Waals surface area contributed by atoms with Crippen LogP contribution in [0.25, 0.3) is 0 Å². The Kier molecular flexibility index (Phi) is 2.24. The van der Waals surface area contributed by atoms with Gasteiger partial charge >= 0.3 is 0 Å². The zero-order valence-corrected chi connectivity index (χ0v) is 6.74. The maximum Gasteiger partial charge on any atom is 0.290 e. The van der Waals surface area contributed by atoms with Gasteiger partial charge in [0.15, 0.2) is 0 Å². The molecule has 0 saturated heterocycles. The zero-order valence-electron chi connectivity index (χ0n) is 6.74. The smallest absolute Gasteiger partial charge is 0.258 e. The standard InChI is InChI=1S/C8H5FN2O2/c1-5-2-6(9)3-8(11(12)13)7(5)4-10/h2-3H,1H3. The van der Waals surface area contributed by atoms with Crippen LogP contribution in [0.2, 0.25) is 0 Å². The summed E-state index contributed by atoms with van der Waals surface area (Å²) < 4.78 is 12.7. The average Bonchev–Trinajstić information content (AvgIpc) is 2.02. The highest BCUT2D eigenvalue weighted by atomic mass is 19.1. The van der Waals surface area contributed by atoms with Crippen molar-refractivity contribution in [2.45, 2.75) is 6.92 Å². The number of nitrogens with zero attached hydrogens (tertiary/aromatic N) is 2. The summed E-state index contributed by atoms with van der Waals surface area (Å²) in [5.74, 6) is -0.705. The van der Waals surface area contributed by atoms with Gasteiger partial charge in [0.1, 0.15) is 17.4 Å². The minimum absolute atomic E-state index is 0.0913. The van der Waals surface area contributed by atoms with E-state index in [2.05, 4.69) is 0 Å². The fourth-order valence-corrected chi connectivity index (χ4v) is 1.01. The normalized spacial score (nSPS) is 9.31. The molecule has 0 spiro atoms. The molecule has 66 valence electrons. The van der Waals surface area contributed by atoms with E-state index in [1.54, 1.807) is 6.07 Å². The highest BCUT2D eigenvalue weighted by Gasteiger charge is 2.17. The van der Waals surface area contributed by atoms with Gasteiger partial charge in [0, 0.05) is 0 Å². The van der Waals surface area contributed by atoms with Crippen LogP contribution >= 0.6 is 0 Å². The maximum atomic E-state index is 12.7. The van der Waals surface area contributed by atoms with Gasteiger partial charge in [0.2, 0.25) is 0 Å². The van der Waals surface area contributed by atoms with E-state index in [4.69, 9.17) is 5.26 Å². The molecule has 0 heterocycles. The molecule has 0 unspecified atom stereocenters. The lowest BCUT2D eigenvalue weighted by molar-refractivity contribution is -0.385. The summed E-state index contributed by atoms with van der Waals surface area (Å²) in [4.78, 5) is 9.60. The molecule has 5 heteroatoms. The molecule has 0 saturated carbocycles. The first-order chi connectivity index (χ1) is 6.06. The third kappa shape index (κ3) is 1.62. The lowest BCUT2D eigenvalue weighted by Gasteiger charge is -1.98. The van der Waals surface area contributed by atoms with Crippen molar-refractivity contribution < 1.29 is 9.31 Å². The van der Waals surface area contributed by atoms with Crippen LogP contribution in [0.1, 0.15) is 11.1 Å². The van der Waals surface area contributed by atoms with Gasteiger partial charge in [-0.2, -0.15) is 5.26 Å². The van der Waals surface area contributed by atoms with Gasteiger partial charge in [0.25, 0.3) is 5.69 Å². The van der Waals surface area contributed by atoms with E-state index >= 15 is 0 Å². The lowest BCUT2D eigenvalue weighted by Crippen LogP contribution is -1.96. The Morgan fingerprint density at radius 3 is 2.69 bits per heavy atom. The second-order valence-electron chi connectivity index (χ2n) is 2.49. The van der Waals surface area contributed by atoms with E-state index in [1.807, 2.05) is 0 Å². The number of nitro groups is 1. The monoisotopic (exact) mass is 180 g/mol. The molecule has 1 aromatic rings. The summed E-state index contributed by atoms with van der Waals surface area (Å²) in [5, 5.41) is 18.9. The molecule has 1 aromatic carbocycles. The first-order valence-electron chi connectivity index (χ1n) is 3.41. The summed E-state index contributed by atoms with van der Waals surface area (Å²) in [6, 6.07) is 3.49.